The first kappa shape index (κ1) is 19.8. The average Bonchev–Trinajstić information content (AvgIpc) is 3.24. The van der Waals surface area contributed by atoms with E-state index in [2.05, 4.69) is 50.0 Å². The van der Waals surface area contributed by atoms with Gasteiger partial charge in [-0.25, -0.2) is 0 Å². The van der Waals surface area contributed by atoms with Gasteiger partial charge in [0.2, 0.25) is 0 Å². The number of aliphatic imine (C=N–C) groups is 1. The van der Waals surface area contributed by atoms with E-state index in [0.29, 0.717) is 12.1 Å². The van der Waals surface area contributed by atoms with Gasteiger partial charge in [0, 0.05) is 38.8 Å². The monoisotopic (exact) mass is 463 g/mol. The molecule has 3 rings (SSSR count). The summed E-state index contributed by atoms with van der Waals surface area (Å²) in [4.78, 5) is 9.34. The van der Waals surface area contributed by atoms with Crippen LogP contribution in [0.4, 0.5) is 5.00 Å². The van der Waals surface area contributed by atoms with Crippen molar-refractivity contribution >= 4 is 46.3 Å². The summed E-state index contributed by atoms with van der Waals surface area (Å²) >= 11 is 1.84. The van der Waals surface area contributed by atoms with Crippen LogP contribution in [0, 0.1) is 0 Å². The number of guanidine groups is 1. The van der Waals surface area contributed by atoms with Crippen molar-refractivity contribution in [3.05, 3.63) is 17.5 Å². The van der Waals surface area contributed by atoms with E-state index in [-0.39, 0.29) is 24.0 Å². The van der Waals surface area contributed by atoms with Gasteiger partial charge >= 0.3 is 0 Å². The average molecular weight is 463 g/mol. The molecule has 5 nitrogen and oxygen atoms in total. The predicted octanol–water partition coefficient (Wildman–Crippen LogP) is 2.59. The fraction of sp³-hybridized carbons (Fsp3) is 0.706. The Hall–Kier alpha value is -0.540. The molecule has 2 saturated heterocycles. The molecule has 2 aliphatic heterocycles. The van der Waals surface area contributed by atoms with Crippen LogP contribution in [0.5, 0.6) is 0 Å². The number of nitrogens with one attached hydrogen (secondary N) is 2. The normalized spacial score (nSPS) is 23.2. The highest BCUT2D eigenvalue weighted by Gasteiger charge is 2.23. The van der Waals surface area contributed by atoms with E-state index in [9.17, 15) is 0 Å². The summed E-state index contributed by atoms with van der Waals surface area (Å²) in [6, 6.07) is 5.53. The van der Waals surface area contributed by atoms with Gasteiger partial charge in [0.15, 0.2) is 5.96 Å². The Morgan fingerprint density at radius 1 is 1.29 bits per heavy atom. The molecule has 7 heteroatoms. The predicted molar refractivity (Wildman–Crippen MR) is 115 cm³/mol. The summed E-state index contributed by atoms with van der Waals surface area (Å²) in [5.74, 6) is 0.958. The molecule has 24 heavy (non-hydrogen) atoms. The van der Waals surface area contributed by atoms with Gasteiger partial charge in [-0.05, 0) is 56.8 Å². The van der Waals surface area contributed by atoms with E-state index in [0.717, 1.165) is 25.6 Å². The molecular formula is C17H30IN5S. The summed E-state index contributed by atoms with van der Waals surface area (Å²) < 4.78 is 0. The largest absolute Gasteiger partial charge is 0.363 e. The molecule has 1 aromatic heterocycles. The van der Waals surface area contributed by atoms with Crippen molar-refractivity contribution in [2.75, 3.05) is 45.2 Å². The van der Waals surface area contributed by atoms with Gasteiger partial charge < -0.3 is 20.4 Å². The number of thiophene rings is 1. The Kier molecular flexibility index (Phi) is 8.09. The van der Waals surface area contributed by atoms with E-state index in [1.165, 1.54) is 37.2 Å². The van der Waals surface area contributed by atoms with Crippen molar-refractivity contribution < 1.29 is 0 Å². The minimum absolute atomic E-state index is 0. The van der Waals surface area contributed by atoms with Gasteiger partial charge in [0.1, 0.15) is 0 Å². The Balaban J connectivity index is 0.00000208. The number of hydrogen-bond donors (Lipinski definition) is 2. The lowest BCUT2D eigenvalue weighted by atomic mass is 10.1. The SMILES string of the molecule is CN=C(NCC1CCCN1C)NC1CCN(c2cccs2)CC1.I. The Morgan fingerprint density at radius 3 is 2.67 bits per heavy atom. The van der Waals surface area contributed by atoms with Crippen molar-refractivity contribution in [1.82, 2.24) is 15.5 Å². The molecule has 0 amide bonds. The lowest BCUT2D eigenvalue weighted by molar-refractivity contribution is 0.309. The lowest BCUT2D eigenvalue weighted by Gasteiger charge is -2.33. The smallest absolute Gasteiger partial charge is 0.191 e. The Bertz CT molecular complexity index is 499. The van der Waals surface area contributed by atoms with E-state index < -0.39 is 0 Å². The standard InChI is InChI=1S/C17H29N5S.HI/c1-18-17(19-13-15-5-3-9-21(15)2)20-14-7-10-22(11-8-14)16-6-4-12-23-16;/h4,6,12,14-15H,3,5,7-11,13H2,1-2H3,(H2,18,19,20);1H. The van der Waals surface area contributed by atoms with Gasteiger partial charge in [-0.15, -0.1) is 35.3 Å². The molecule has 0 bridgehead atoms. The number of rotatable bonds is 4. The number of halogens is 1. The second-order valence-electron chi connectivity index (χ2n) is 6.59. The highest BCUT2D eigenvalue weighted by Crippen LogP contribution is 2.24. The molecule has 0 saturated carbocycles. The zero-order valence-electron chi connectivity index (χ0n) is 14.7. The quantitative estimate of drug-likeness (QED) is 0.410. The van der Waals surface area contributed by atoms with Gasteiger partial charge in [0.25, 0.3) is 0 Å². The third-order valence-electron chi connectivity index (χ3n) is 5.05. The topological polar surface area (TPSA) is 42.9 Å². The lowest BCUT2D eigenvalue weighted by Crippen LogP contribution is -2.50. The summed E-state index contributed by atoms with van der Waals surface area (Å²) in [6.45, 7) is 4.46. The summed E-state index contributed by atoms with van der Waals surface area (Å²) in [6.07, 6.45) is 4.94. The molecule has 1 atom stereocenters. The molecule has 0 spiro atoms. The number of hydrogen-bond acceptors (Lipinski definition) is 4. The van der Waals surface area contributed by atoms with Crippen LogP contribution < -0.4 is 15.5 Å². The van der Waals surface area contributed by atoms with Crippen LogP contribution >= 0.6 is 35.3 Å². The highest BCUT2D eigenvalue weighted by molar-refractivity contribution is 14.0. The molecule has 2 N–H and O–H groups in total. The summed E-state index contributed by atoms with van der Waals surface area (Å²) in [5.41, 5.74) is 0. The zero-order chi connectivity index (χ0) is 16.1. The van der Waals surface area contributed by atoms with E-state index in [1.807, 2.05) is 18.4 Å². The molecule has 2 fully saturated rings. The molecule has 0 aromatic carbocycles. The van der Waals surface area contributed by atoms with E-state index in [4.69, 9.17) is 0 Å². The second kappa shape index (κ2) is 9.82. The molecule has 1 aromatic rings. The number of likely N-dealkylation sites (tertiary alicyclic amines) is 1. The zero-order valence-corrected chi connectivity index (χ0v) is 17.8. The summed E-state index contributed by atoms with van der Waals surface area (Å²) in [5, 5.41) is 10.7. The van der Waals surface area contributed by atoms with Crippen LogP contribution in [0.1, 0.15) is 25.7 Å². The Labute approximate surface area is 166 Å². The number of anilines is 1. The van der Waals surface area contributed by atoms with Crippen molar-refractivity contribution in [2.45, 2.75) is 37.8 Å². The first-order valence-electron chi connectivity index (χ1n) is 8.72. The molecular weight excluding hydrogens is 433 g/mol. The second-order valence-corrected chi connectivity index (χ2v) is 7.51. The van der Waals surface area contributed by atoms with Gasteiger partial charge in [-0.3, -0.25) is 4.99 Å². The minimum Gasteiger partial charge on any atom is -0.363 e. The maximum atomic E-state index is 4.40. The molecule has 0 radical (unpaired) electrons. The van der Waals surface area contributed by atoms with Crippen molar-refractivity contribution in [3.8, 4) is 0 Å². The van der Waals surface area contributed by atoms with Crippen LogP contribution in [0.3, 0.4) is 0 Å². The molecule has 2 aliphatic rings. The van der Waals surface area contributed by atoms with Crippen LogP contribution in [0.2, 0.25) is 0 Å². The maximum Gasteiger partial charge on any atom is 0.191 e. The molecule has 1 unspecified atom stereocenters. The van der Waals surface area contributed by atoms with Crippen molar-refractivity contribution in [1.29, 1.82) is 0 Å². The molecule has 136 valence electrons. The molecule has 3 heterocycles. The number of piperidine rings is 1. The third kappa shape index (κ3) is 5.23. The van der Waals surface area contributed by atoms with E-state index in [1.54, 1.807) is 0 Å². The van der Waals surface area contributed by atoms with Crippen LogP contribution in [0.25, 0.3) is 0 Å². The summed E-state index contributed by atoms with van der Waals surface area (Å²) in [7, 11) is 4.09. The number of likely N-dealkylation sites (N-methyl/N-ethyl adjacent to an activating group) is 1. The van der Waals surface area contributed by atoms with Crippen LogP contribution in [-0.4, -0.2) is 63.2 Å². The first-order chi connectivity index (χ1) is 11.3. The minimum atomic E-state index is 0. The highest BCUT2D eigenvalue weighted by atomic mass is 127. The van der Waals surface area contributed by atoms with Crippen molar-refractivity contribution in [3.63, 3.8) is 0 Å². The first-order valence-corrected chi connectivity index (χ1v) is 9.60. The van der Waals surface area contributed by atoms with Crippen LogP contribution in [0.15, 0.2) is 22.5 Å². The van der Waals surface area contributed by atoms with E-state index >= 15 is 0 Å². The van der Waals surface area contributed by atoms with Gasteiger partial charge in [0.05, 0.1) is 5.00 Å². The van der Waals surface area contributed by atoms with Gasteiger partial charge in [-0.2, -0.15) is 0 Å². The number of nitrogens with zero attached hydrogens (tertiary/aromatic N) is 3. The fourth-order valence-corrected chi connectivity index (χ4v) is 4.32. The molecule has 0 aliphatic carbocycles. The third-order valence-corrected chi connectivity index (χ3v) is 5.98. The van der Waals surface area contributed by atoms with Gasteiger partial charge in [-0.1, -0.05) is 0 Å². The Morgan fingerprint density at radius 2 is 2.08 bits per heavy atom. The van der Waals surface area contributed by atoms with Crippen LogP contribution in [-0.2, 0) is 0 Å². The maximum absolute atomic E-state index is 4.40. The fourth-order valence-electron chi connectivity index (χ4n) is 3.53. The van der Waals surface area contributed by atoms with Crippen molar-refractivity contribution in [2.24, 2.45) is 4.99 Å².